The molecule has 0 atom stereocenters. The summed E-state index contributed by atoms with van der Waals surface area (Å²) in [7, 11) is 0. The Morgan fingerprint density at radius 2 is 2.29 bits per heavy atom. The minimum atomic E-state index is 0.114. The summed E-state index contributed by atoms with van der Waals surface area (Å²) in [6, 6.07) is 3.23. The minimum Gasteiger partial charge on any atom is -0.505 e. The maximum absolute atomic E-state index is 9.21. The largest absolute Gasteiger partial charge is 0.505 e. The fourth-order valence-electron chi connectivity index (χ4n) is 0.964. The Morgan fingerprint density at radius 1 is 1.43 bits per heavy atom. The second-order valence-corrected chi connectivity index (χ2v) is 3.37. The van der Waals surface area contributed by atoms with E-state index >= 15 is 0 Å². The molecule has 2 rings (SSSR count). The van der Waals surface area contributed by atoms with Crippen molar-refractivity contribution in [1.82, 2.24) is 15.2 Å². The van der Waals surface area contributed by atoms with Crippen molar-refractivity contribution in [3.63, 3.8) is 0 Å². The van der Waals surface area contributed by atoms with Crippen LogP contribution in [0.15, 0.2) is 29.1 Å². The van der Waals surface area contributed by atoms with Gasteiger partial charge in [0.2, 0.25) is 0 Å². The third-order valence-electron chi connectivity index (χ3n) is 1.60. The number of halogens is 1. The Hall–Kier alpha value is -1.56. The number of rotatable bonds is 2. The van der Waals surface area contributed by atoms with E-state index in [1.54, 1.807) is 24.5 Å². The van der Waals surface area contributed by atoms with E-state index in [9.17, 15) is 5.11 Å². The molecular weight excluding hydrogens is 248 g/mol. The molecule has 0 bridgehead atoms. The van der Waals surface area contributed by atoms with Crippen molar-refractivity contribution in [3.05, 3.63) is 29.1 Å². The van der Waals surface area contributed by atoms with Gasteiger partial charge < -0.3 is 10.4 Å². The molecule has 0 amide bonds. The number of H-pyrrole nitrogens is 1. The lowest BCUT2D eigenvalue weighted by Gasteiger charge is -2.03. The first kappa shape index (κ1) is 9.01. The van der Waals surface area contributed by atoms with Gasteiger partial charge in [0.05, 0.1) is 11.9 Å². The van der Waals surface area contributed by atoms with Crippen LogP contribution in [0.25, 0.3) is 0 Å². The molecule has 6 heteroatoms. The number of aromatic hydroxyl groups is 1. The van der Waals surface area contributed by atoms with Gasteiger partial charge in [-0.1, -0.05) is 0 Å². The molecule has 0 saturated heterocycles. The lowest BCUT2D eigenvalue weighted by molar-refractivity contribution is 0.469. The number of nitrogens with zero attached hydrogens (tertiary/aromatic N) is 2. The van der Waals surface area contributed by atoms with E-state index in [2.05, 4.69) is 36.4 Å². The van der Waals surface area contributed by atoms with Crippen molar-refractivity contribution in [2.24, 2.45) is 0 Å². The Bertz CT molecular complexity index is 429. The Labute approximate surface area is 88.3 Å². The summed E-state index contributed by atoms with van der Waals surface area (Å²) < 4.78 is 0.408. The molecule has 2 aromatic heterocycles. The van der Waals surface area contributed by atoms with Crippen molar-refractivity contribution in [1.29, 1.82) is 0 Å². The van der Waals surface area contributed by atoms with Crippen LogP contribution in [0.2, 0.25) is 0 Å². The molecule has 2 heterocycles. The van der Waals surface area contributed by atoms with Crippen molar-refractivity contribution >= 4 is 27.4 Å². The van der Waals surface area contributed by atoms with E-state index in [0.29, 0.717) is 10.4 Å². The zero-order valence-corrected chi connectivity index (χ0v) is 8.62. The van der Waals surface area contributed by atoms with Crippen LogP contribution in [0, 0.1) is 0 Å². The fourth-order valence-corrected chi connectivity index (χ4v) is 1.29. The number of aromatic nitrogens is 3. The number of nitrogens with one attached hydrogen (secondary N) is 2. The summed E-state index contributed by atoms with van der Waals surface area (Å²) in [6.45, 7) is 0. The van der Waals surface area contributed by atoms with Gasteiger partial charge in [-0.15, -0.1) is 0 Å². The highest BCUT2D eigenvalue weighted by Crippen LogP contribution is 2.23. The van der Waals surface area contributed by atoms with Gasteiger partial charge in [0.1, 0.15) is 16.2 Å². The van der Waals surface area contributed by atoms with Gasteiger partial charge in [-0.3, -0.25) is 5.10 Å². The fraction of sp³-hybridized carbons (Fsp3) is 0. The molecule has 72 valence electrons. The van der Waals surface area contributed by atoms with Crippen LogP contribution in [0.5, 0.6) is 5.75 Å². The van der Waals surface area contributed by atoms with Gasteiger partial charge in [0.25, 0.3) is 0 Å². The van der Waals surface area contributed by atoms with E-state index in [1.165, 1.54) is 0 Å². The molecule has 0 aliphatic heterocycles. The maximum atomic E-state index is 9.21. The number of pyridine rings is 1. The predicted molar refractivity (Wildman–Crippen MR) is 55.5 cm³/mol. The first-order valence-electron chi connectivity index (χ1n) is 3.87. The molecule has 3 N–H and O–H groups in total. The van der Waals surface area contributed by atoms with Crippen LogP contribution < -0.4 is 5.32 Å². The maximum Gasteiger partial charge on any atom is 0.150 e. The highest BCUT2D eigenvalue weighted by molar-refractivity contribution is 9.10. The Kier molecular flexibility index (Phi) is 2.36. The third-order valence-corrected chi connectivity index (χ3v) is 2.18. The molecule has 0 aliphatic rings. The number of hydrogen-bond acceptors (Lipinski definition) is 4. The van der Waals surface area contributed by atoms with Crippen molar-refractivity contribution in [2.75, 3.05) is 5.32 Å². The van der Waals surface area contributed by atoms with Crippen LogP contribution in [-0.4, -0.2) is 20.3 Å². The minimum absolute atomic E-state index is 0.114. The Balaban J connectivity index is 2.22. The SMILES string of the molecule is Oc1ccc(Nc2cn[nH]c2)nc1Br. The summed E-state index contributed by atoms with van der Waals surface area (Å²) in [5, 5.41) is 18.7. The van der Waals surface area contributed by atoms with Crippen molar-refractivity contribution in [2.45, 2.75) is 0 Å². The quantitative estimate of drug-likeness (QED) is 0.717. The average Bonchev–Trinajstić information content (AvgIpc) is 2.64. The van der Waals surface area contributed by atoms with Crippen molar-refractivity contribution < 1.29 is 5.11 Å². The van der Waals surface area contributed by atoms with Gasteiger partial charge in [0.15, 0.2) is 0 Å². The lowest BCUT2D eigenvalue weighted by atomic mass is 10.4. The van der Waals surface area contributed by atoms with Gasteiger partial charge in [-0.2, -0.15) is 5.10 Å². The summed E-state index contributed by atoms with van der Waals surface area (Å²) in [6.07, 6.45) is 3.35. The number of hydrogen-bond donors (Lipinski definition) is 3. The first-order chi connectivity index (χ1) is 6.75. The van der Waals surface area contributed by atoms with E-state index in [0.717, 1.165) is 5.69 Å². The highest BCUT2D eigenvalue weighted by Gasteiger charge is 2.01. The van der Waals surface area contributed by atoms with Gasteiger partial charge in [-0.25, -0.2) is 4.98 Å². The molecule has 0 spiro atoms. The highest BCUT2D eigenvalue weighted by atomic mass is 79.9. The van der Waals surface area contributed by atoms with E-state index in [1.807, 2.05) is 0 Å². The van der Waals surface area contributed by atoms with Gasteiger partial charge >= 0.3 is 0 Å². The van der Waals surface area contributed by atoms with Crippen LogP contribution in [0.3, 0.4) is 0 Å². The second kappa shape index (κ2) is 3.67. The van der Waals surface area contributed by atoms with Gasteiger partial charge in [0, 0.05) is 6.20 Å². The molecule has 0 aliphatic carbocycles. The predicted octanol–water partition coefficient (Wildman–Crippen LogP) is 2.02. The molecule has 0 radical (unpaired) electrons. The summed E-state index contributed by atoms with van der Waals surface area (Å²) >= 11 is 3.13. The molecule has 2 aromatic rings. The molecule has 14 heavy (non-hydrogen) atoms. The molecule has 5 nitrogen and oxygen atoms in total. The zero-order valence-electron chi connectivity index (χ0n) is 7.03. The Morgan fingerprint density at radius 3 is 2.93 bits per heavy atom. The van der Waals surface area contributed by atoms with Crippen LogP contribution in [0.4, 0.5) is 11.5 Å². The molecule has 0 fully saturated rings. The van der Waals surface area contributed by atoms with Crippen LogP contribution >= 0.6 is 15.9 Å². The lowest BCUT2D eigenvalue weighted by Crippen LogP contribution is -1.91. The van der Waals surface area contributed by atoms with Crippen LogP contribution in [0.1, 0.15) is 0 Å². The molecule has 0 saturated carbocycles. The normalized spacial score (nSPS) is 10.1. The molecule has 0 aromatic carbocycles. The van der Waals surface area contributed by atoms with Crippen molar-refractivity contribution in [3.8, 4) is 5.75 Å². The average molecular weight is 255 g/mol. The smallest absolute Gasteiger partial charge is 0.150 e. The zero-order chi connectivity index (χ0) is 9.97. The number of anilines is 2. The first-order valence-corrected chi connectivity index (χ1v) is 4.66. The number of aromatic amines is 1. The summed E-state index contributed by atoms with van der Waals surface area (Å²) in [4.78, 5) is 4.06. The van der Waals surface area contributed by atoms with E-state index in [4.69, 9.17) is 0 Å². The monoisotopic (exact) mass is 254 g/mol. The topological polar surface area (TPSA) is 73.8 Å². The van der Waals surface area contributed by atoms with E-state index in [-0.39, 0.29) is 5.75 Å². The molecular formula is C8H7BrN4O. The second-order valence-electron chi connectivity index (χ2n) is 2.62. The van der Waals surface area contributed by atoms with E-state index < -0.39 is 0 Å². The van der Waals surface area contributed by atoms with Gasteiger partial charge in [-0.05, 0) is 28.1 Å². The summed E-state index contributed by atoms with van der Waals surface area (Å²) in [5.74, 6) is 0.749. The molecule has 0 unspecified atom stereocenters. The van der Waals surface area contributed by atoms with Crippen LogP contribution in [-0.2, 0) is 0 Å². The third kappa shape index (κ3) is 1.85. The summed E-state index contributed by atoms with van der Waals surface area (Å²) in [5.41, 5.74) is 0.815. The standard InChI is InChI=1S/C8H7BrN4O/c9-8-6(14)1-2-7(13-8)12-5-3-10-11-4-5/h1-4,14H,(H,10,11)(H,12,13).